The maximum atomic E-state index is 12.3. The Labute approximate surface area is 331 Å². The minimum atomic E-state index is -4.78. The van der Waals surface area contributed by atoms with E-state index in [1.807, 2.05) is 12.2 Å². The van der Waals surface area contributed by atoms with E-state index >= 15 is 0 Å². The van der Waals surface area contributed by atoms with Crippen molar-refractivity contribution in [2.75, 3.05) is 19.8 Å². The van der Waals surface area contributed by atoms with Crippen molar-refractivity contribution in [1.29, 1.82) is 0 Å². The minimum Gasteiger partial charge on any atom is -0.480 e. The summed E-state index contributed by atoms with van der Waals surface area (Å²) in [5, 5.41) is 21.7. The summed E-state index contributed by atoms with van der Waals surface area (Å²) >= 11 is 0. The molecule has 0 heterocycles. The lowest BCUT2D eigenvalue weighted by Crippen LogP contribution is -2.43. The molecule has 0 aliphatic carbocycles. The summed E-state index contributed by atoms with van der Waals surface area (Å²) in [7, 11) is -4.78. The third kappa shape index (κ3) is 37.4. The molecule has 0 saturated carbocycles. The fourth-order valence-corrected chi connectivity index (χ4v) is 5.55. The first-order chi connectivity index (χ1) is 26.6. The van der Waals surface area contributed by atoms with Crippen molar-refractivity contribution in [3.8, 4) is 0 Å². The molecule has 1 amide bonds. The van der Waals surface area contributed by atoms with E-state index in [0.29, 0.717) is 19.3 Å². The van der Waals surface area contributed by atoms with Gasteiger partial charge >= 0.3 is 19.8 Å². The number of carbonyl (C=O) groups is 3. The number of carboxylic acid groups (broad SMARTS) is 1. The number of carboxylic acids is 1. The van der Waals surface area contributed by atoms with Crippen molar-refractivity contribution in [1.82, 2.24) is 5.32 Å². The van der Waals surface area contributed by atoms with E-state index in [2.05, 4.69) is 92.1 Å². The van der Waals surface area contributed by atoms with Crippen LogP contribution in [0.2, 0.25) is 0 Å². The summed E-state index contributed by atoms with van der Waals surface area (Å²) in [6, 6.07) is -1.58. The van der Waals surface area contributed by atoms with Gasteiger partial charge in [-0.25, -0.2) is 9.36 Å². The van der Waals surface area contributed by atoms with Crippen molar-refractivity contribution < 1.29 is 47.8 Å². The van der Waals surface area contributed by atoms with E-state index in [4.69, 9.17) is 13.8 Å². The van der Waals surface area contributed by atoms with E-state index in [-0.39, 0.29) is 12.8 Å². The van der Waals surface area contributed by atoms with Crippen LogP contribution in [-0.4, -0.2) is 64.9 Å². The first-order valence-corrected chi connectivity index (χ1v) is 21.6. The third-order valence-electron chi connectivity index (χ3n) is 7.92. The van der Waals surface area contributed by atoms with Gasteiger partial charge in [-0.2, -0.15) is 0 Å². The van der Waals surface area contributed by atoms with E-state index in [1.54, 1.807) is 0 Å². The van der Waals surface area contributed by atoms with Crippen LogP contribution in [-0.2, 0) is 32.7 Å². The highest BCUT2D eigenvalue weighted by molar-refractivity contribution is 7.47. The molecule has 312 valence electrons. The fraction of sp³-hybridized carbons (Fsp3) is 0.605. The van der Waals surface area contributed by atoms with E-state index < -0.39 is 57.6 Å². The molecule has 0 spiro atoms. The van der Waals surface area contributed by atoms with Gasteiger partial charge in [0.2, 0.25) is 5.91 Å². The zero-order chi connectivity index (χ0) is 40.7. The number of amides is 1. The van der Waals surface area contributed by atoms with Crippen molar-refractivity contribution in [3.05, 3.63) is 85.1 Å². The number of carbonyl (C=O) groups excluding carboxylic acids is 2. The molecule has 0 aliphatic heterocycles. The maximum absolute atomic E-state index is 12.3. The molecular formula is C43H70NO10P. The van der Waals surface area contributed by atoms with Crippen molar-refractivity contribution >= 4 is 25.7 Å². The van der Waals surface area contributed by atoms with Gasteiger partial charge in [-0.05, 0) is 77.0 Å². The molecule has 0 saturated heterocycles. The molecule has 0 aliphatic rings. The lowest BCUT2D eigenvalue weighted by molar-refractivity contribution is -0.147. The number of phosphoric acid groups is 1. The topological polar surface area (TPSA) is 169 Å². The molecule has 0 aromatic carbocycles. The summed E-state index contributed by atoms with van der Waals surface area (Å²) in [6.07, 6.45) is 44.8. The second-order valence-electron chi connectivity index (χ2n) is 13.1. The zero-order valence-corrected chi connectivity index (χ0v) is 34.3. The Morgan fingerprint density at radius 3 is 1.62 bits per heavy atom. The number of phosphoric ester groups is 1. The number of aliphatic carboxylic acids is 1. The highest BCUT2D eigenvalue weighted by atomic mass is 31.2. The normalized spacial score (nSPS) is 14.7. The Morgan fingerprint density at radius 1 is 0.600 bits per heavy atom. The van der Waals surface area contributed by atoms with Crippen LogP contribution in [0.25, 0.3) is 0 Å². The van der Waals surface area contributed by atoms with Crippen LogP contribution >= 0.6 is 7.82 Å². The van der Waals surface area contributed by atoms with Gasteiger partial charge < -0.3 is 25.2 Å². The fourth-order valence-electron chi connectivity index (χ4n) is 4.78. The summed E-state index contributed by atoms with van der Waals surface area (Å²) < 4.78 is 26.7. The molecule has 55 heavy (non-hydrogen) atoms. The number of esters is 1. The summed E-state index contributed by atoms with van der Waals surface area (Å²) in [5.41, 5.74) is 0. The lowest BCUT2D eigenvalue weighted by Gasteiger charge is -2.18. The molecule has 0 rings (SSSR count). The molecule has 4 N–H and O–H groups in total. The summed E-state index contributed by atoms with van der Waals surface area (Å²) in [6.45, 7) is 2.35. The van der Waals surface area contributed by atoms with Crippen molar-refractivity contribution in [2.24, 2.45) is 0 Å². The second-order valence-corrected chi connectivity index (χ2v) is 14.5. The van der Waals surface area contributed by atoms with Gasteiger partial charge in [0, 0.05) is 12.8 Å². The number of ether oxygens (including phenoxy) is 1. The predicted molar refractivity (Wildman–Crippen MR) is 221 cm³/mol. The van der Waals surface area contributed by atoms with Crippen LogP contribution in [0.15, 0.2) is 85.1 Å². The molecule has 0 radical (unpaired) electrons. The predicted octanol–water partition coefficient (Wildman–Crippen LogP) is 9.94. The third-order valence-corrected chi connectivity index (χ3v) is 8.87. The molecule has 3 atom stereocenters. The van der Waals surface area contributed by atoms with Gasteiger partial charge in [0.1, 0.15) is 12.7 Å². The second kappa shape index (κ2) is 37.6. The van der Waals surface area contributed by atoms with Crippen LogP contribution < -0.4 is 5.32 Å². The average Bonchev–Trinajstić information content (AvgIpc) is 3.16. The van der Waals surface area contributed by atoms with Crippen LogP contribution in [0.5, 0.6) is 0 Å². The van der Waals surface area contributed by atoms with Gasteiger partial charge in [0.15, 0.2) is 6.04 Å². The average molecular weight is 792 g/mol. The standard InChI is InChI=1S/C43H70NO10P/c1-3-5-7-9-11-13-15-17-19-20-21-22-24-26-28-30-32-34-41(46)44-40(43(48)49)38-54-55(50,51)53-37-39(45)36-52-42(47)35-33-31-29-27-25-23-18-16-14-12-10-8-6-4-2/h5,7,10-13,16-19,21-22,26,28,39-40,45H,3-4,6,8-9,14-15,20,23-25,27,29-38H2,1-2H3,(H,44,46)(H,48,49)(H,50,51)/b7-5-,12-10-,13-11-,18-16-,19-17-,22-21-,28-26-. The lowest BCUT2D eigenvalue weighted by atomic mass is 10.1. The minimum absolute atomic E-state index is 0.0613. The molecule has 0 fully saturated rings. The first kappa shape index (κ1) is 51.7. The van der Waals surface area contributed by atoms with E-state index in [0.717, 1.165) is 77.0 Å². The number of aliphatic hydroxyl groups excluding tert-OH is 1. The Morgan fingerprint density at radius 2 is 1.07 bits per heavy atom. The number of nitrogens with one attached hydrogen (secondary N) is 1. The molecule has 0 bridgehead atoms. The van der Waals surface area contributed by atoms with Crippen LogP contribution in [0, 0.1) is 0 Å². The monoisotopic (exact) mass is 791 g/mol. The number of hydrogen-bond donors (Lipinski definition) is 4. The number of hydrogen-bond acceptors (Lipinski definition) is 8. The Balaban J connectivity index is 4.07. The number of aliphatic hydroxyl groups is 1. The molecule has 12 heteroatoms. The van der Waals surface area contributed by atoms with Crippen LogP contribution in [0.1, 0.15) is 136 Å². The first-order valence-electron chi connectivity index (χ1n) is 20.1. The van der Waals surface area contributed by atoms with Crippen LogP contribution in [0.3, 0.4) is 0 Å². The van der Waals surface area contributed by atoms with E-state index in [1.165, 1.54) is 12.8 Å². The van der Waals surface area contributed by atoms with Crippen molar-refractivity contribution in [3.63, 3.8) is 0 Å². The smallest absolute Gasteiger partial charge is 0.472 e. The molecule has 3 unspecified atom stereocenters. The molecule has 0 aromatic heterocycles. The molecule has 0 aromatic rings. The van der Waals surface area contributed by atoms with Gasteiger partial charge in [-0.3, -0.25) is 18.6 Å². The SMILES string of the molecule is CC/C=C\C/C=C\C/C=C\C/C=C\C/C=C\CCCC(=O)NC(COP(=O)(O)OCC(O)COC(=O)CCCCCCC/C=C\C/C=C\CCCC)C(=O)O. The Bertz CT molecular complexity index is 1250. The highest BCUT2D eigenvalue weighted by Crippen LogP contribution is 2.43. The van der Waals surface area contributed by atoms with Gasteiger partial charge in [0.05, 0.1) is 13.2 Å². The van der Waals surface area contributed by atoms with Gasteiger partial charge in [0.25, 0.3) is 0 Å². The van der Waals surface area contributed by atoms with Crippen molar-refractivity contribution in [2.45, 2.75) is 148 Å². The molecule has 11 nitrogen and oxygen atoms in total. The number of allylic oxidation sites excluding steroid dienone is 14. The number of rotatable bonds is 36. The molecular weight excluding hydrogens is 721 g/mol. The van der Waals surface area contributed by atoms with Crippen LogP contribution in [0.4, 0.5) is 0 Å². The van der Waals surface area contributed by atoms with Gasteiger partial charge in [-0.1, -0.05) is 131 Å². The Hall–Kier alpha value is -3.34. The highest BCUT2D eigenvalue weighted by Gasteiger charge is 2.28. The van der Waals surface area contributed by atoms with E-state index in [9.17, 15) is 34.1 Å². The zero-order valence-electron chi connectivity index (χ0n) is 33.4. The Kier molecular flexibility index (Phi) is 35.3. The summed E-state index contributed by atoms with van der Waals surface area (Å²) in [5.74, 6) is -2.49. The van der Waals surface area contributed by atoms with Gasteiger partial charge in [-0.15, -0.1) is 0 Å². The largest absolute Gasteiger partial charge is 0.480 e. The maximum Gasteiger partial charge on any atom is 0.472 e. The summed E-state index contributed by atoms with van der Waals surface area (Å²) in [4.78, 5) is 45.8. The quantitative estimate of drug-likeness (QED) is 0.0207. The number of unbranched alkanes of at least 4 members (excludes halogenated alkanes) is 8.